The van der Waals surface area contributed by atoms with Gasteiger partial charge in [-0.3, -0.25) is 4.68 Å². The van der Waals surface area contributed by atoms with E-state index in [4.69, 9.17) is 10.5 Å². The third-order valence-corrected chi connectivity index (χ3v) is 1.49. The van der Waals surface area contributed by atoms with E-state index in [0.29, 0.717) is 5.69 Å². The Bertz CT molecular complexity index is 311. The van der Waals surface area contributed by atoms with Gasteiger partial charge < -0.3 is 10.5 Å². The fourth-order valence-electron chi connectivity index (χ4n) is 0.907. The third-order valence-electron chi connectivity index (χ3n) is 1.49. The van der Waals surface area contributed by atoms with Gasteiger partial charge in [0.25, 0.3) is 0 Å². The van der Waals surface area contributed by atoms with Crippen LogP contribution in [0.4, 0.5) is 5.69 Å². The molecule has 0 saturated carbocycles. The SMILES string of the molecule is C=CCOC(=O)c1c(N)cnn1C. The normalized spacial score (nSPS) is 9.62. The number of hydrogen-bond donors (Lipinski definition) is 1. The first-order valence-electron chi connectivity index (χ1n) is 3.72. The van der Waals surface area contributed by atoms with Gasteiger partial charge in [0.1, 0.15) is 6.61 Å². The average Bonchev–Trinajstić information content (AvgIpc) is 2.42. The number of aryl methyl sites for hydroxylation is 1. The number of hydrogen-bond acceptors (Lipinski definition) is 4. The quantitative estimate of drug-likeness (QED) is 0.539. The summed E-state index contributed by atoms with van der Waals surface area (Å²) < 4.78 is 6.18. The molecule has 0 aliphatic heterocycles. The molecule has 0 amide bonds. The van der Waals surface area contributed by atoms with E-state index in [-0.39, 0.29) is 12.3 Å². The van der Waals surface area contributed by atoms with Crippen molar-refractivity contribution in [1.82, 2.24) is 9.78 Å². The molecule has 1 aromatic rings. The topological polar surface area (TPSA) is 70.1 Å². The molecule has 1 rings (SSSR count). The lowest BCUT2D eigenvalue weighted by atomic mass is 10.4. The van der Waals surface area contributed by atoms with E-state index in [9.17, 15) is 4.79 Å². The highest BCUT2D eigenvalue weighted by Gasteiger charge is 2.15. The molecule has 0 spiro atoms. The number of nitrogens with zero attached hydrogens (tertiary/aromatic N) is 2. The van der Waals surface area contributed by atoms with Crippen molar-refractivity contribution in [1.29, 1.82) is 0 Å². The Hall–Kier alpha value is -1.78. The Morgan fingerprint density at radius 3 is 3.08 bits per heavy atom. The fraction of sp³-hybridized carbons (Fsp3) is 0.250. The molecule has 1 heterocycles. The van der Waals surface area contributed by atoms with Crippen LogP contribution < -0.4 is 5.73 Å². The standard InChI is InChI=1S/C8H11N3O2/c1-3-4-13-8(12)7-6(9)5-10-11(7)2/h3,5H,1,4,9H2,2H3. The highest BCUT2D eigenvalue weighted by molar-refractivity contribution is 5.93. The Morgan fingerprint density at radius 1 is 1.92 bits per heavy atom. The summed E-state index contributed by atoms with van der Waals surface area (Å²) in [5, 5.41) is 3.81. The van der Waals surface area contributed by atoms with Crippen molar-refractivity contribution in [3.05, 3.63) is 24.5 Å². The molecule has 5 heteroatoms. The molecule has 0 bridgehead atoms. The van der Waals surface area contributed by atoms with Crippen LogP contribution in [0.3, 0.4) is 0 Å². The number of esters is 1. The Balaban J connectivity index is 2.81. The van der Waals surface area contributed by atoms with E-state index < -0.39 is 5.97 Å². The summed E-state index contributed by atoms with van der Waals surface area (Å²) in [5.41, 5.74) is 6.09. The van der Waals surface area contributed by atoms with Crippen molar-refractivity contribution in [3.63, 3.8) is 0 Å². The van der Waals surface area contributed by atoms with Gasteiger partial charge in [0.05, 0.1) is 11.9 Å². The predicted molar refractivity (Wildman–Crippen MR) is 48.1 cm³/mol. The lowest BCUT2D eigenvalue weighted by Crippen LogP contribution is -2.12. The monoisotopic (exact) mass is 181 g/mol. The highest BCUT2D eigenvalue weighted by atomic mass is 16.5. The molecule has 5 nitrogen and oxygen atoms in total. The van der Waals surface area contributed by atoms with E-state index >= 15 is 0 Å². The van der Waals surface area contributed by atoms with Crippen LogP contribution in [0.2, 0.25) is 0 Å². The summed E-state index contributed by atoms with van der Waals surface area (Å²) in [4.78, 5) is 11.3. The van der Waals surface area contributed by atoms with Crippen LogP contribution in [-0.2, 0) is 11.8 Å². The van der Waals surface area contributed by atoms with Crippen molar-refractivity contribution < 1.29 is 9.53 Å². The summed E-state index contributed by atoms with van der Waals surface area (Å²) >= 11 is 0. The first-order chi connectivity index (χ1) is 6.16. The van der Waals surface area contributed by atoms with E-state index in [1.165, 1.54) is 17.0 Å². The van der Waals surface area contributed by atoms with Gasteiger partial charge in [-0.2, -0.15) is 5.10 Å². The van der Waals surface area contributed by atoms with Gasteiger partial charge in [-0.1, -0.05) is 12.7 Å². The fourth-order valence-corrected chi connectivity index (χ4v) is 0.907. The maximum Gasteiger partial charge on any atom is 0.359 e. The molecule has 0 aliphatic carbocycles. The van der Waals surface area contributed by atoms with Gasteiger partial charge in [-0.25, -0.2) is 4.79 Å². The van der Waals surface area contributed by atoms with Gasteiger partial charge in [0, 0.05) is 7.05 Å². The predicted octanol–water partition coefficient (Wildman–Crippen LogP) is 0.345. The molecular weight excluding hydrogens is 170 g/mol. The molecule has 0 unspecified atom stereocenters. The van der Waals surface area contributed by atoms with Crippen LogP contribution in [0.5, 0.6) is 0 Å². The Morgan fingerprint density at radius 2 is 2.62 bits per heavy atom. The molecular formula is C8H11N3O2. The van der Waals surface area contributed by atoms with Crippen LogP contribution in [0, 0.1) is 0 Å². The minimum absolute atomic E-state index is 0.170. The number of ether oxygens (including phenoxy) is 1. The number of anilines is 1. The number of nitrogen functional groups attached to an aromatic ring is 1. The van der Waals surface area contributed by atoms with Crippen LogP contribution in [0.25, 0.3) is 0 Å². The molecule has 13 heavy (non-hydrogen) atoms. The molecule has 0 radical (unpaired) electrons. The van der Waals surface area contributed by atoms with E-state index in [2.05, 4.69) is 11.7 Å². The second-order valence-corrected chi connectivity index (χ2v) is 2.46. The summed E-state index contributed by atoms with van der Waals surface area (Å²) in [7, 11) is 1.63. The van der Waals surface area contributed by atoms with E-state index in [1.54, 1.807) is 7.05 Å². The minimum Gasteiger partial charge on any atom is -0.457 e. The Labute approximate surface area is 75.8 Å². The van der Waals surface area contributed by atoms with Gasteiger partial charge in [-0.05, 0) is 0 Å². The largest absolute Gasteiger partial charge is 0.457 e. The van der Waals surface area contributed by atoms with Crippen molar-refractivity contribution in [2.24, 2.45) is 7.05 Å². The zero-order chi connectivity index (χ0) is 9.84. The first-order valence-corrected chi connectivity index (χ1v) is 3.72. The zero-order valence-corrected chi connectivity index (χ0v) is 7.36. The summed E-state index contributed by atoms with van der Waals surface area (Å²) in [6.07, 6.45) is 2.90. The highest BCUT2D eigenvalue weighted by Crippen LogP contribution is 2.10. The number of rotatable bonds is 3. The molecule has 0 fully saturated rings. The Kier molecular flexibility index (Phi) is 2.69. The second kappa shape index (κ2) is 3.75. The van der Waals surface area contributed by atoms with Gasteiger partial charge in [0.15, 0.2) is 5.69 Å². The summed E-state index contributed by atoms with van der Waals surface area (Å²) in [5.74, 6) is -0.489. The van der Waals surface area contributed by atoms with E-state index in [1.807, 2.05) is 0 Å². The average molecular weight is 181 g/mol. The van der Waals surface area contributed by atoms with Crippen LogP contribution in [-0.4, -0.2) is 22.4 Å². The van der Waals surface area contributed by atoms with Crippen molar-refractivity contribution >= 4 is 11.7 Å². The van der Waals surface area contributed by atoms with Crippen molar-refractivity contribution in [3.8, 4) is 0 Å². The lowest BCUT2D eigenvalue weighted by Gasteiger charge is -2.02. The molecule has 0 aliphatic rings. The summed E-state index contributed by atoms with van der Waals surface area (Å²) in [6, 6.07) is 0. The van der Waals surface area contributed by atoms with Crippen molar-refractivity contribution in [2.45, 2.75) is 0 Å². The van der Waals surface area contributed by atoms with Crippen LogP contribution >= 0.6 is 0 Å². The molecule has 2 N–H and O–H groups in total. The summed E-state index contributed by atoms with van der Waals surface area (Å²) in [6.45, 7) is 3.60. The first kappa shape index (κ1) is 9.31. The number of carbonyl (C=O) groups is 1. The molecule has 0 atom stereocenters. The number of carbonyl (C=O) groups excluding carboxylic acids is 1. The molecule has 1 aromatic heterocycles. The molecule has 0 aromatic carbocycles. The van der Waals surface area contributed by atoms with Crippen molar-refractivity contribution in [2.75, 3.05) is 12.3 Å². The second-order valence-electron chi connectivity index (χ2n) is 2.46. The number of aromatic nitrogens is 2. The van der Waals surface area contributed by atoms with E-state index in [0.717, 1.165) is 0 Å². The smallest absolute Gasteiger partial charge is 0.359 e. The molecule has 0 saturated heterocycles. The van der Waals surface area contributed by atoms with Gasteiger partial charge in [0.2, 0.25) is 0 Å². The van der Waals surface area contributed by atoms with Crippen LogP contribution in [0.15, 0.2) is 18.9 Å². The lowest BCUT2D eigenvalue weighted by molar-refractivity contribution is 0.0538. The van der Waals surface area contributed by atoms with Gasteiger partial charge in [-0.15, -0.1) is 0 Å². The zero-order valence-electron chi connectivity index (χ0n) is 7.36. The number of nitrogens with two attached hydrogens (primary N) is 1. The maximum atomic E-state index is 11.3. The maximum absolute atomic E-state index is 11.3. The van der Waals surface area contributed by atoms with Gasteiger partial charge >= 0.3 is 5.97 Å². The molecule has 70 valence electrons. The van der Waals surface area contributed by atoms with Crippen LogP contribution in [0.1, 0.15) is 10.5 Å². The third kappa shape index (κ3) is 1.87. The minimum atomic E-state index is -0.489.